The van der Waals surface area contributed by atoms with Crippen molar-refractivity contribution in [1.82, 2.24) is 4.98 Å². The molecule has 66 valence electrons. The maximum absolute atomic E-state index is 10.3. The smallest absolute Gasteiger partial charge is 0.382 e. The van der Waals surface area contributed by atoms with E-state index in [-0.39, 0.29) is 10.7 Å². The molecule has 6 heteroatoms. The number of aromatic carboxylic acids is 1. The van der Waals surface area contributed by atoms with E-state index in [1.54, 1.807) is 0 Å². The number of carboxylic acids is 2. The first kappa shape index (κ1) is 9.22. The number of hydrogen-bond donors (Lipinski definition) is 2. The largest absolute Gasteiger partial charge is 0.476 e. The summed E-state index contributed by atoms with van der Waals surface area (Å²) in [5.41, 5.74) is -0.125. The molecule has 0 aliphatic carbocycles. The van der Waals surface area contributed by atoms with E-state index in [9.17, 15) is 9.59 Å². The number of nitrogens with zero attached hydrogens (tertiary/aromatic N) is 1. The Morgan fingerprint density at radius 1 is 1.46 bits per heavy atom. The van der Waals surface area contributed by atoms with Crippen molar-refractivity contribution in [2.24, 2.45) is 0 Å². The van der Waals surface area contributed by atoms with Gasteiger partial charge in [-0.25, -0.2) is 14.6 Å². The van der Waals surface area contributed by atoms with Crippen molar-refractivity contribution < 1.29 is 19.8 Å². The van der Waals surface area contributed by atoms with Crippen LogP contribution in [-0.2, 0) is 4.79 Å². The third-order valence-electron chi connectivity index (χ3n) is 1.000. The Morgan fingerprint density at radius 3 is 2.62 bits per heavy atom. The van der Waals surface area contributed by atoms with Gasteiger partial charge in [-0.15, -0.1) is 11.3 Å². The number of aliphatic carboxylic acids is 1. The van der Waals surface area contributed by atoms with Crippen molar-refractivity contribution in [3.05, 3.63) is 16.1 Å². The first-order valence-electron chi connectivity index (χ1n) is 3.03. The standard InChI is InChI=1S/C7H3NO4S/c9-6(10)2-1-5-8-4(3-13-5)7(11)12/h3H,(H,9,10)(H,11,12). The molecule has 0 atom stereocenters. The fourth-order valence-electron chi connectivity index (χ4n) is 0.536. The number of rotatable bonds is 1. The van der Waals surface area contributed by atoms with Crippen molar-refractivity contribution in [3.8, 4) is 11.8 Å². The van der Waals surface area contributed by atoms with Gasteiger partial charge in [0.25, 0.3) is 0 Å². The van der Waals surface area contributed by atoms with Crippen LogP contribution in [0.25, 0.3) is 0 Å². The molecule has 1 heterocycles. The lowest BCUT2D eigenvalue weighted by atomic mass is 10.5. The van der Waals surface area contributed by atoms with E-state index in [2.05, 4.69) is 10.9 Å². The zero-order valence-electron chi connectivity index (χ0n) is 6.14. The summed E-state index contributed by atoms with van der Waals surface area (Å²) in [6.45, 7) is 0. The maximum Gasteiger partial charge on any atom is 0.382 e. The van der Waals surface area contributed by atoms with Crippen LogP contribution in [0, 0.1) is 11.8 Å². The van der Waals surface area contributed by atoms with Crippen molar-refractivity contribution in [1.29, 1.82) is 0 Å². The molecule has 13 heavy (non-hydrogen) atoms. The SMILES string of the molecule is O=C(O)C#Cc1nc(C(=O)O)cs1. The second-order valence-electron chi connectivity index (χ2n) is 1.90. The highest BCUT2D eigenvalue weighted by atomic mass is 32.1. The Bertz CT molecular complexity index is 412. The molecule has 0 aromatic carbocycles. The minimum Gasteiger partial charge on any atom is -0.476 e. The number of aromatic nitrogens is 1. The summed E-state index contributed by atoms with van der Waals surface area (Å²) in [6, 6.07) is 0. The molecular weight excluding hydrogens is 194 g/mol. The van der Waals surface area contributed by atoms with Crippen LogP contribution in [0.2, 0.25) is 0 Å². The van der Waals surface area contributed by atoms with Gasteiger partial charge >= 0.3 is 11.9 Å². The number of carboxylic acid groups (broad SMARTS) is 2. The first-order valence-corrected chi connectivity index (χ1v) is 3.91. The van der Waals surface area contributed by atoms with Gasteiger partial charge in [-0.2, -0.15) is 0 Å². The van der Waals surface area contributed by atoms with E-state index in [1.807, 2.05) is 5.92 Å². The van der Waals surface area contributed by atoms with Gasteiger partial charge < -0.3 is 10.2 Å². The summed E-state index contributed by atoms with van der Waals surface area (Å²) in [4.78, 5) is 23.9. The third kappa shape index (κ3) is 2.57. The monoisotopic (exact) mass is 197 g/mol. The molecule has 0 unspecified atom stereocenters. The van der Waals surface area contributed by atoms with Gasteiger partial charge in [-0.1, -0.05) is 0 Å². The van der Waals surface area contributed by atoms with Crippen LogP contribution in [0.1, 0.15) is 15.5 Å². The predicted molar refractivity (Wildman–Crippen MR) is 43.6 cm³/mol. The molecule has 0 fully saturated rings. The molecule has 1 rings (SSSR count). The van der Waals surface area contributed by atoms with E-state index in [4.69, 9.17) is 10.2 Å². The first-order chi connectivity index (χ1) is 6.09. The molecule has 0 spiro atoms. The molecule has 0 aliphatic heterocycles. The fraction of sp³-hybridized carbons (Fsp3) is 0. The fourth-order valence-corrected chi connectivity index (χ4v) is 1.17. The molecule has 0 saturated heterocycles. The van der Waals surface area contributed by atoms with Crippen LogP contribution in [0.15, 0.2) is 5.38 Å². The molecular formula is C7H3NO4S. The Morgan fingerprint density at radius 2 is 2.15 bits per heavy atom. The molecule has 0 saturated carbocycles. The van der Waals surface area contributed by atoms with Gasteiger partial charge in [0.05, 0.1) is 0 Å². The summed E-state index contributed by atoms with van der Waals surface area (Å²) in [6.07, 6.45) is 0. The van der Waals surface area contributed by atoms with E-state index in [1.165, 1.54) is 5.38 Å². The van der Waals surface area contributed by atoms with Crippen LogP contribution in [-0.4, -0.2) is 27.1 Å². The van der Waals surface area contributed by atoms with Crippen LogP contribution >= 0.6 is 11.3 Å². The Kier molecular flexibility index (Phi) is 2.62. The average Bonchev–Trinajstić information content (AvgIpc) is 2.48. The Balaban J connectivity index is 2.89. The lowest BCUT2D eigenvalue weighted by Gasteiger charge is -1.79. The van der Waals surface area contributed by atoms with Crippen LogP contribution in [0.4, 0.5) is 0 Å². The summed E-state index contributed by atoms with van der Waals surface area (Å²) in [5, 5.41) is 18.1. The van der Waals surface area contributed by atoms with E-state index in [0.717, 1.165) is 11.3 Å². The molecule has 0 aliphatic rings. The summed E-state index contributed by atoms with van der Waals surface area (Å²) in [5.74, 6) is 1.63. The van der Waals surface area contributed by atoms with E-state index in [0.29, 0.717) is 0 Å². The lowest BCUT2D eigenvalue weighted by Crippen LogP contribution is -1.95. The Hall–Kier alpha value is -1.87. The molecule has 2 N–H and O–H groups in total. The van der Waals surface area contributed by atoms with E-state index < -0.39 is 11.9 Å². The van der Waals surface area contributed by atoms with Crippen LogP contribution in [0.3, 0.4) is 0 Å². The van der Waals surface area contributed by atoms with Gasteiger partial charge in [0.15, 0.2) is 10.7 Å². The lowest BCUT2D eigenvalue weighted by molar-refractivity contribution is -0.130. The number of hydrogen-bond acceptors (Lipinski definition) is 4. The molecule has 1 aromatic heterocycles. The molecule has 5 nitrogen and oxygen atoms in total. The minimum atomic E-state index is -1.27. The Labute approximate surface area is 76.7 Å². The summed E-state index contributed by atoms with van der Waals surface area (Å²) < 4.78 is 0. The summed E-state index contributed by atoms with van der Waals surface area (Å²) >= 11 is 0.991. The highest BCUT2D eigenvalue weighted by Crippen LogP contribution is 2.07. The zero-order chi connectivity index (χ0) is 9.84. The van der Waals surface area contributed by atoms with E-state index >= 15 is 0 Å². The van der Waals surface area contributed by atoms with Crippen molar-refractivity contribution in [2.75, 3.05) is 0 Å². The number of thiazole rings is 1. The minimum absolute atomic E-state index is 0.125. The molecule has 0 bridgehead atoms. The maximum atomic E-state index is 10.3. The molecule has 1 aromatic rings. The van der Waals surface area contributed by atoms with Crippen molar-refractivity contribution in [3.63, 3.8) is 0 Å². The van der Waals surface area contributed by atoms with Gasteiger partial charge in [0, 0.05) is 11.3 Å². The topological polar surface area (TPSA) is 87.5 Å². The molecule has 0 amide bonds. The van der Waals surface area contributed by atoms with Crippen molar-refractivity contribution in [2.45, 2.75) is 0 Å². The number of carbonyl (C=O) groups is 2. The van der Waals surface area contributed by atoms with Crippen molar-refractivity contribution >= 4 is 23.3 Å². The summed E-state index contributed by atoms with van der Waals surface area (Å²) in [7, 11) is 0. The highest BCUT2D eigenvalue weighted by Gasteiger charge is 2.06. The molecule has 0 radical (unpaired) electrons. The third-order valence-corrected chi connectivity index (χ3v) is 1.76. The predicted octanol–water partition coefficient (Wildman–Crippen LogP) is 0.277. The van der Waals surface area contributed by atoms with Gasteiger partial charge in [0.1, 0.15) is 0 Å². The zero-order valence-corrected chi connectivity index (χ0v) is 6.96. The second-order valence-corrected chi connectivity index (χ2v) is 2.76. The van der Waals surface area contributed by atoms with Crippen LogP contribution in [0.5, 0.6) is 0 Å². The van der Waals surface area contributed by atoms with Gasteiger partial charge in [-0.3, -0.25) is 0 Å². The van der Waals surface area contributed by atoms with Gasteiger partial charge in [-0.05, 0) is 5.92 Å². The second kappa shape index (κ2) is 3.69. The average molecular weight is 197 g/mol. The van der Waals surface area contributed by atoms with Gasteiger partial charge in [0.2, 0.25) is 0 Å². The normalized spacial score (nSPS) is 8.62. The quantitative estimate of drug-likeness (QED) is 0.631. The highest BCUT2D eigenvalue weighted by molar-refractivity contribution is 7.10. The van der Waals surface area contributed by atoms with Crippen LogP contribution < -0.4 is 0 Å².